The molecule has 0 bridgehead atoms. The van der Waals surface area contributed by atoms with Gasteiger partial charge in [-0.25, -0.2) is 8.42 Å². The van der Waals surface area contributed by atoms with E-state index in [9.17, 15) is 13.2 Å². The summed E-state index contributed by atoms with van der Waals surface area (Å²) in [5, 5.41) is 9.11. The van der Waals surface area contributed by atoms with Crippen molar-refractivity contribution < 1.29 is 23.1 Å². The van der Waals surface area contributed by atoms with E-state index in [1.54, 1.807) is 4.90 Å². The molecule has 1 amide bonds. The van der Waals surface area contributed by atoms with E-state index in [0.29, 0.717) is 32.7 Å². The summed E-state index contributed by atoms with van der Waals surface area (Å²) >= 11 is 0. The van der Waals surface area contributed by atoms with Crippen molar-refractivity contribution in [3.8, 4) is 0 Å². The van der Waals surface area contributed by atoms with Crippen molar-refractivity contribution in [2.45, 2.75) is 31.4 Å². The molecular weight excluding hydrogens is 284 g/mol. The van der Waals surface area contributed by atoms with Gasteiger partial charge in [0.05, 0.1) is 25.6 Å². The SMILES string of the molecule is CS(=O)(=O)N1CCCCC1C(=O)N1CCOC(CO)C1. The van der Waals surface area contributed by atoms with E-state index in [-0.39, 0.29) is 18.6 Å². The van der Waals surface area contributed by atoms with Crippen LogP contribution in [0.1, 0.15) is 19.3 Å². The van der Waals surface area contributed by atoms with Crippen LogP contribution in [0, 0.1) is 0 Å². The molecule has 2 aliphatic rings. The molecule has 2 rings (SSSR count). The second kappa shape index (κ2) is 6.38. The van der Waals surface area contributed by atoms with E-state index < -0.39 is 16.1 Å². The molecule has 0 aliphatic carbocycles. The molecule has 0 radical (unpaired) electrons. The Morgan fingerprint density at radius 1 is 1.35 bits per heavy atom. The van der Waals surface area contributed by atoms with Gasteiger partial charge < -0.3 is 14.7 Å². The number of piperidine rings is 1. The van der Waals surface area contributed by atoms with Gasteiger partial charge in [-0.1, -0.05) is 6.42 Å². The zero-order valence-corrected chi connectivity index (χ0v) is 12.5. The molecular formula is C12H22N2O5S. The second-order valence-electron chi connectivity index (χ2n) is 5.34. The maximum absolute atomic E-state index is 12.6. The Balaban J connectivity index is 2.09. The van der Waals surface area contributed by atoms with Crippen LogP contribution in [0.15, 0.2) is 0 Å². The standard InChI is InChI=1S/C12H22N2O5S/c1-20(17,18)14-5-3-2-4-11(14)12(16)13-6-7-19-10(8-13)9-15/h10-11,15H,2-9H2,1H3. The number of sulfonamides is 1. The van der Waals surface area contributed by atoms with Gasteiger partial charge in [-0.05, 0) is 12.8 Å². The number of carbonyl (C=O) groups excluding carboxylic acids is 1. The molecule has 2 fully saturated rings. The maximum atomic E-state index is 12.6. The lowest BCUT2D eigenvalue weighted by atomic mass is 10.0. The first-order valence-corrected chi connectivity index (χ1v) is 8.76. The Morgan fingerprint density at radius 3 is 2.75 bits per heavy atom. The van der Waals surface area contributed by atoms with E-state index >= 15 is 0 Å². The first-order chi connectivity index (χ1) is 9.43. The van der Waals surface area contributed by atoms with Gasteiger partial charge in [0.25, 0.3) is 0 Å². The molecule has 1 N–H and O–H groups in total. The zero-order valence-electron chi connectivity index (χ0n) is 11.7. The minimum atomic E-state index is -3.37. The third kappa shape index (κ3) is 3.49. The summed E-state index contributed by atoms with van der Waals surface area (Å²) in [5.74, 6) is -0.170. The summed E-state index contributed by atoms with van der Waals surface area (Å²) in [7, 11) is -3.37. The first kappa shape index (κ1) is 15.7. The van der Waals surface area contributed by atoms with Crippen LogP contribution in [-0.2, 0) is 19.6 Å². The molecule has 2 atom stereocenters. The Hall–Kier alpha value is -0.700. The normalized spacial score (nSPS) is 29.4. The third-order valence-corrected chi connectivity index (χ3v) is 5.11. The van der Waals surface area contributed by atoms with Crippen molar-refractivity contribution in [3.63, 3.8) is 0 Å². The number of nitrogens with zero attached hydrogens (tertiary/aromatic N) is 2. The second-order valence-corrected chi connectivity index (χ2v) is 7.28. The number of aliphatic hydroxyl groups is 1. The number of ether oxygens (including phenoxy) is 1. The predicted molar refractivity (Wildman–Crippen MR) is 72.6 cm³/mol. The van der Waals surface area contributed by atoms with Gasteiger partial charge in [0, 0.05) is 19.6 Å². The number of amides is 1. The smallest absolute Gasteiger partial charge is 0.241 e. The van der Waals surface area contributed by atoms with E-state index in [1.165, 1.54) is 4.31 Å². The van der Waals surface area contributed by atoms with Gasteiger partial charge in [-0.15, -0.1) is 0 Å². The minimum absolute atomic E-state index is 0.135. The van der Waals surface area contributed by atoms with Crippen molar-refractivity contribution in [2.75, 3.05) is 39.1 Å². The van der Waals surface area contributed by atoms with Gasteiger partial charge in [-0.2, -0.15) is 4.31 Å². The fourth-order valence-corrected chi connectivity index (χ4v) is 3.91. The average Bonchev–Trinajstić information content (AvgIpc) is 2.45. The molecule has 116 valence electrons. The molecule has 7 nitrogen and oxygen atoms in total. The molecule has 20 heavy (non-hydrogen) atoms. The lowest BCUT2D eigenvalue weighted by Gasteiger charge is -2.39. The molecule has 2 saturated heterocycles. The molecule has 0 aromatic heterocycles. The third-order valence-electron chi connectivity index (χ3n) is 3.82. The Kier molecular flexibility index (Phi) is 5.00. The largest absolute Gasteiger partial charge is 0.394 e. The van der Waals surface area contributed by atoms with Crippen LogP contribution in [0.2, 0.25) is 0 Å². The fourth-order valence-electron chi connectivity index (χ4n) is 2.79. The highest BCUT2D eigenvalue weighted by Gasteiger charge is 2.38. The van der Waals surface area contributed by atoms with E-state index in [0.717, 1.165) is 19.1 Å². The van der Waals surface area contributed by atoms with Crippen molar-refractivity contribution in [3.05, 3.63) is 0 Å². The summed E-state index contributed by atoms with van der Waals surface area (Å²) in [5.41, 5.74) is 0. The summed E-state index contributed by atoms with van der Waals surface area (Å²) in [6.45, 7) is 1.42. The van der Waals surface area contributed by atoms with Crippen LogP contribution in [0.25, 0.3) is 0 Å². The lowest BCUT2D eigenvalue weighted by Crippen LogP contribution is -2.56. The van der Waals surface area contributed by atoms with Crippen molar-refractivity contribution in [1.82, 2.24) is 9.21 Å². The van der Waals surface area contributed by atoms with Crippen molar-refractivity contribution in [2.24, 2.45) is 0 Å². The van der Waals surface area contributed by atoms with Gasteiger partial charge in [-0.3, -0.25) is 4.79 Å². The van der Waals surface area contributed by atoms with E-state index in [4.69, 9.17) is 9.84 Å². The van der Waals surface area contributed by atoms with Crippen molar-refractivity contribution in [1.29, 1.82) is 0 Å². The van der Waals surface area contributed by atoms with Gasteiger partial charge in [0.1, 0.15) is 6.04 Å². The molecule has 2 heterocycles. The summed E-state index contributed by atoms with van der Waals surface area (Å²) in [6.07, 6.45) is 2.99. The van der Waals surface area contributed by atoms with Crippen LogP contribution in [-0.4, -0.2) is 79.9 Å². The molecule has 8 heteroatoms. The van der Waals surface area contributed by atoms with Crippen molar-refractivity contribution >= 4 is 15.9 Å². The summed E-state index contributed by atoms with van der Waals surface area (Å²) in [4.78, 5) is 14.2. The van der Waals surface area contributed by atoms with Crippen LogP contribution in [0.3, 0.4) is 0 Å². The summed E-state index contributed by atoms with van der Waals surface area (Å²) in [6, 6.07) is -0.601. The number of aliphatic hydroxyl groups excluding tert-OH is 1. The van der Waals surface area contributed by atoms with Crippen LogP contribution in [0.5, 0.6) is 0 Å². The quantitative estimate of drug-likeness (QED) is 0.724. The number of carbonyl (C=O) groups is 1. The highest BCUT2D eigenvalue weighted by atomic mass is 32.2. The first-order valence-electron chi connectivity index (χ1n) is 6.91. The number of hydrogen-bond donors (Lipinski definition) is 1. The molecule has 0 spiro atoms. The highest BCUT2D eigenvalue weighted by molar-refractivity contribution is 7.88. The van der Waals surface area contributed by atoms with E-state index in [2.05, 4.69) is 0 Å². The monoisotopic (exact) mass is 306 g/mol. The maximum Gasteiger partial charge on any atom is 0.241 e. The van der Waals surface area contributed by atoms with Gasteiger partial charge in [0.2, 0.25) is 15.9 Å². The number of rotatable bonds is 3. The minimum Gasteiger partial charge on any atom is -0.394 e. The molecule has 0 saturated carbocycles. The fraction of sp³-hybridized carbons (Fsp3) is 0.917. The topological polar surface area (TPSA) is 87.2 Å². The Morgan fingerprint density at radius 2 is 2.10 bits per heavy atom. The summed E-state index contributed by atoms with van der Waals surface area (Å²) < 4.78 is 30.2. The number of hydrogen-bond acceptors (Lipinski definition) is 5. The average molecular weight is 306 g/mol. The molecule has 2 unspecified atom stereocenters. The lowest BCUT2D eigenvalue weighted by molar-refractivity contribution is -0.145. The molecule has 2 aliphatic heterocycles. The highest BCUT2D eigenvalue weighted by Crippen LogP contribution is 2.22. The van der Waals surface area contributed by atoms with Crippen LogP contribution >= 0.6 is 0 Å². The molecule has 0 aromatic rings. The van der Waals surface area contributed by atoms with Crippen LogP contribution < -0.4 is 0 Å². The zero-order chi connectivity index (χ0) is 14.8. The van der Waals surface area contributed by atoms with Gasteiger partial charge in [0.15, 0.2) is 0 Å². The molecule has 0 aromatic carbocycles. The van der Waals surface area contributed by atoms with Gasteiger partial charge >= 0.3 is 0 Å². The van der Waals surface area contributed by atoms with E-state index in [1.807, 2.05) is 0 Å². The Labute approximate surface area is 119 Å². The van der Waals surface area contributed by atoms with Crippen LogP contribution in [0.4, 0.5) is 0 Å². The predicted octanol–water partition coefficient (Wildman–Crippen LogP) is -0.980. The Bertz CT molecular complexity index is 453. The number of morpholine rings is 1.